The summed E-state index contributed by atoms with van der Waals surface area (Å²) in [5.41, 5.74) is 10.5. The van der Waals surface area contributed by atoms with Crippen LogP contribution in [0.25, 0.3) is 0 Å². The summed E-state index contributed by atoms with van der Waals surface area (Å²) in [4.78, 5) is 0. The lowest BCUT2D eigenvalue weighted by Gasteiger charge is -2.17. The summed E-state index contributed by atoms with van der Waals surface area (Å²) in [6, 6.07) is 8.96. The van der Waals surface area contributed by atoms with E-state index in [0.29, 0.717) is 16.1 Å². The van der Waals surface area contributed by atoms with Crippen LogP contribution in [0.3, 0.4) is 0 Å². The van der Waals surface area contributed by atoms with Gasteiger partial charge in [-0.05, 0) is 60.7 Å². The van der Waals surface area contributed by atoms with E-state index in [4.69, 9.17) is 17.3 Å². The van der Waals surface area contributed by atoms with E-state index in [2.05, 4.69) is 0 Å². The minimum atomic E-state index is -0.295. The van der Waals surface area contributed by atoms with E-state index in [1.165, 1.54) is 0 Å². The van der Waals surface area contributed by atoms with E-state index in [0.717, 1.165) is 16.7 Å². The molecule has 0 aliphatic heterocycles. The molecule has 3 heteroatoms. The Morgan fingerprint density at radius 2 is 1.58 bits per heavy atom. The number of hydrogen-bond acceptors (Lipinski definition) is 1. The summed E-state index contributed by atoms with van der Waals surface area (Å²) in [7, 11) is 0. The van der Waals surface area contributed by atoms with Crippen molar-refractivity contribution in [1.82, 2.24) is 0 Å². The highest BCUT2D eigenvalue weighted by molar-refractivity contribution is 6.30. The van der Waals surface area contributed by atoms with Crippen LogP contribution in [0.5, 0.6) is 0 Å². The maximum absolute atomic E-state index is 13.7. The second-order valence-corrected chi connectivity index (χ2v) is 5.38. The molecule has 19 heavy (non-hydrogen) atoms. The van der Waals surface area contributed by atoms with Crippen molar-refractivity contribution < 1.29 is 4.39 Å². The summed E-state index contributed by atoms with van der Waals surface area (Å²) >= 11 is 6.02. The third-order valence-electron chi connectivity index (χ3n) is 3.39. The molecule has 0 heterocycles. The Balaban J connectivity index is 2.49. The van der Waals surface area contributed by atoms with Crippen molar-refractivity contribution in [1.29, 1.82) is 0 Å². The molecule has 1 unspecified atom stereocenters. The van der Waals surface area contributed by atoms with Crippen LogP contribution >= 0.6 is 11.6 Å². The van der Waals surface area contributed by atoms with Crippen LogP contribution in [0, 0.1) is 26.6 Å². The Morgan fingerprint density at radius 3 is 2.16 bits per heavy atom. The monoisotopic (exact) mass is 277 g/mol. The lowest BCUT2D eigenvalue weighted by molar-refractivity contribution is 0.607. The Labute approximate surface area is 118 Å². The first kappa shape index (κ1) is 14.0. The van der Waals surface area contributed by atoms with Gasteiger partial charge in [-0.25, -0.2) is 4.39 Å². The molecule has 0 spiro atoms. The highest BCUT2D eigenvalue weighted by Crippen LogP contribution is 2.27. The molecule has 100 valence electrons. The van der Waals surface area contributed by atoms with Crippen molar-refractivity contribution in [2.75, 3.05) is 0 Å². The highest BCUT2D eigenvalue weighted by atomic mass is 35.5. The van der Waals surface area contributed by atoms with Crippen molar-refractivity contribution >= 4 is 11.6 Å². The predicted molar refractivity (Wildman–Crippen MR) is 78.1 cm³/mol. The first-order chi connectivity index (χ1) is 8.90. The predicted octanol–water partition coefficient (Wildman–Crippen LogP) is 4.45. The molecule has 2 N–H and O–H groups in total. The third kappa shape index (κ3) is 2.80. The fraction of sp³-hybridized carbons (Fsp3) is 0.250. The molecule has 0 bridgehead atoms. The van der Waals surface area contributed by atoms with Crippen LogP contribution in [0.4, 0.5) is 4.39 Å². The molecule has 0 saturated heterocycles. The van der Waals surface area contributed by atoms with Crippen molar-refractivity contribution in [3.05, 3.63) is 69.0 Å². The largest absolute Gasteiger partial charge is 0.320 e. The van der Waals surface area contributed by atoms with Gasteiger partial charge >= 0.3 is 0 Å². The van der Waals surface area contributed by atoms with Crippen LogP contribution in [-0.4, -0.2) is 0 Å². The normalized spacial score (nSPS) is 12.5. The minimum absolute atomic E-state index is 0.168. The van der Waals surface area contributed by atoms with Gasteiger partial charge in [0.25, 0.3) is 0 Å². The summed E-state index contributed by atoms with van der Waals surface area (Å²) in [5.74, 6) is -0.168. The standard InChI is InChI=1S/C16H17ClFN/c1-9-4-5-13(17)8-14(9)16(19)12-6-10(2)15(18)11(3)7-12/h4-8,16H,19H2,1-3H3. The average Bonchev–Trinajstić information content (AvgIpc) is 2.37. The van der Waals surface area contributed by atoms with Gasteiger partial charge in [0.2, 0.25) is 0 Å². The Bertz CT molecular complexity index is 599. The summed E-state index contributed by atoms with van der Waals surface area (Å²) in [6.45, 7) is 5.50. The molecular weight excluding hydrogens is 261 g/mol. The second kappa shape index (κ2) is 5.32. The van der Waals surface area contributed by atoms with Crippen molar-refractivity contribution in [3.8, 4) is 0 Å². The van der Waals surface area contributed by atoms with E-state index in [1.807, 2.05) is 25.1 Å². The fourth-order valence-electron chi connectivity index (χ4n) is 2.28. The van der Waals surface area contributed by atoms with Gasteiger partial charge < -0.3 is 5.73 Å². The number of rotatable bonds is 2. The SMILES string of the molecule is Cc1ccc(Cl)cc1C(N)c1cc(C)c(F)c(C)c1. The lowest BCUT2D eigenvalue weighted by atomic mass is 9.93. The first-order valence-corrected chi connectivity index (χ1v) is 6.56. The molecule has 0 aromatic heterocycles. The second-order valence-electron chi connectivity index (χ2n) is 4.95. The molecular formula is C16H17ClFN. The summed E-state index contributed by atoms with van der Waals surface area (Å²) in [6.07, 6.45) is 0. The number of hydrogen-bond donors (Lipinski definition) is 1. The Morgan fingerprint density at radius 1 is 1.00 bits per heavy atom. The van der Waals surface area contributed by atoms with E-state index in [1.54, 1.807) is 26.0 Å². The molecule has 1 atom stereocenters. The molecule has 2 rings (SSSR count). The summed E-state index contributed by atoms with van der Waals surface area (Å²) < 4.78 is 13.7. The number of halogens is 2. The lowest BCUT2D eigenvalue weighted by Crippen LogP contribution is -2.14. The summed E-state index contributed by atoms with van der Waals surface area (Å²) in [5, 5.41) is 0.659. The molecule has 2 aromatic rings. The van der Waals surface area contributed by atoms with E-state index < -0.39 is 0 Å². The number of nitrogens with two attached hydrogens (primary N) is 1. The molecule has 0 radical (unpaired) electrons. The number of aryl methyl sites for hydroxylation is 3. The van der Waals surface area contributed by atoms with Crippen LogP contribution < -0.4 is 5.73 Å². The average molecular weight is 278 g/mol. The van der Waals surface area contributed by atoms with Gasteiger partial charge in [0.15, 0.2) is 0 Å². The zero-order valence-corrected chi connectivity index (χ0v) is 12.1. The van der Waals surface area contributed by atoms with Crippen molar-refractivity contribution in [2.24, 2.45) is 5.73 Å². The zero-order chi connectivity index (χ0) is 14.2. The van der Waals surface area contributed by atoms with Gasteiger partial charge in [-0.3, -0.25) is 0 Å². The Hall–Kier alpha value is -1.38. The van der Waals surface area contributed by atoms with Crippen LogP contribution in [0.2, 0.25) is 5.02 Å². The van der Waals surface area contributed by atoms with Gasteiger partial charge in [-0.15, -0.1) is 0 Å². The van der Waals surface area contributed by atoms with Crippen LogP contribution in [0.15, 0.2) is 30.3 Å². The zero-order valence-electron chi connectivity index (χ0n) is 11.3. The maximum atomic E-state index is 13.7. The first-order valence-electron chi connectivity index (χ1n) is 6.18. The van der Waals surface area contributed by atoms with Gasteiger partial charge in [0.05, 0.1) is 6.04 Å². The quantitative estimate of drug-likeness (QED) is 0.862. The molecule has 0 amide bonds. The highest BCUT2D eigenvalue weighted by Gasteiger charge is 2.14. The van der Waals surface area contributed by atoms with Gasteiger partial charge in [-0.1, -0.05) is 29.8 Å². The smallest absolute Gasteiger partial charge is 0.129 e. The van der Waals surface area contributed by atoms with Gasteiger partial charge in [-0.2, -0.15) is 0 Å². The molecule has 0 aliphatic rings. The molecule has 1 nitrogen and oxygen atoms in total. The number of benzene rings is 2. The van der Waals surface area contributed by atoms with E-state index in [-0.39, 0.29) is 11.9 Å². The molecule has 0 fully saturated rings. The van der Waals surface area contributed by atoms with Crippen LogP contribution in [-0.2, 0) is 0 Å². The van der Waals surface area contributed by atoms with Crippen LogP contribution in [0.1, 0.15) is 33.9 Å². The molecule has 0 saturated carbocycles. The van der Waals surface area contributed by atoms with Gasteiger partial charge in [0.1, 0.15) is 5.82 Å². The van der Waals surface area contributed by atoms with Crippen molar-refractivity contribution in [3.63, 3.8) is 0 Å². The van der Waals surface area contributed by atoms with Crippen molar-refractivity contribution in [2.45, 2.75) is 26.8 Å². The Kier molecular flexibility index (Phi) is 3.93. The van der Waals surface area contributed by atoms with Gasteiger partial charge in [0, 0.05) is 5.02 Å². The maximum Gasteiger partial charge on any atom is 0.129 e. The topological polar surface area (TPSA) is 26.0 Å². The van der Waals surface area contributed by atoms with E-state index >= 15 is 0 Å². The molecule has 2 aromatic carbocycles. The molecule has 0 aliphatic carbocycles. The third-order valence-corrected chi connectivity index (χ3v) is 3.63. The fourth-order valence-corrected chi connectivity index (χ4v) is 2.47. The van der Waals surface area contributed by atoms with E-state index in [9.17, 15) is 4.39 Å². The minimum Gasteiger partial charge on any atom is -0.320 e.